The summed E-state index contributed by atoms with van der Waals surface area (Å²) in [5.41, 5.74) is 2.12. The number of aromatic nitrogens is 1. The van der Waals surface area contributed by atoms with Gasteiger partial charge in [-0.15, -0.1) is 0 Å². The predicted molar refractivity (Wildman–Crippen MR) is 96.9 cm³/mol. The second-order valence-corrected chi connectivity index (χ2v) is 5.73. The summed E-state index contributed by atoms with van der Waals surface area (Å²) in [6, 6.07) is 18.3. The molecule has 0 aliphatic rings. The number of pyridine rings is 1. The summed E-state index contributed by atoms with van der Waals surface area (Å²) in [5, 5.41) is 5.91. The van der Waals surface area contributed by atoms with E-state index < -0.39 is 6.03 Å². The van der Waals surface area contributed by atoms with Crippen molar-refractivity contribution in [2.24, 2.45) is 0 Å². The number of rotatable bonds is 4. The molecular weight excluding hydrogens is 341 g/mol. The third-order valence-electron chi connectivity index (χ3n) is 3.48. The zero-order valence-electron chi connectivity index (χ0n) is 13.2. The Kier molecular flexibility index (Phi) is 5.26. The molecule has 0 saturated carbocycles. The zero-order chi connectivity index (χ0) is 17.6. The molecule has 3 rings (SSSR count). The van der Waals surface area contributed by atoms with E-state index in [4.69, 9.17) is 11.6 Å². The first kappa shape index (κ1) is 16.9. The molecule has 2 N–H and O–H groups in total. The quantitative estimate of drug-likeness (QED) is 0.702. The number of hydrogen-bond donors (Lipinski definition) is 2. The summed E-state index contributed by atoms with van der Waals surface area (Å²) in [6.07, 6.45) is 0. The third kappa shape index (κ3) is 4.55. The molecule has 126 valence electrons. The van der Waals surface area contributed by atoms with Crippen molar-refractivity contribution in [2.45, 2.75) is 6.54 Å². The van der Waals surface area contributed by atoms with Gasteiger partial charge in [0.2, 0.25) is 0 Å². The molecule has 0 spiro atoms. The lowest BCUT2D eigenvalue weighted by molar-refractivity contribution is 0.251. The van der Waals surface area contributed by atoms with Crippen LogP contribution in [0.2, 0.25) is 5.02 Å². The minimum Gasteiger partial charge on any atom is -0.334 e. The monoisotopic (exact) mass is 355 g/mol. The number of anilines is 1. The van der Waals surface area contributed by atoms with E-state index in [0.717, 1.165) is 5.56 Å². The summed E-state index contributed by atoms with van der Waals surface area (Å²) < 4.78 is 13.1. The van der Waals surface area contributed by atoms with Crippen molar-refractivity contribution in [1.29, 1.82) is 0 Å². The van der Waals surface area contributed by atoms with Crippen LogP contribution in [0.1, 0.15) is 5.56 Å². The Bertz CT molecular complexity index is 901. The van der Waals surface area contributed by atoms with Gasteiger partial charge in [-0.2, -0.15) is 0 Å². The number of halogens is 2. The van der Waals surface area contributed by atoms with Crippen LogP contribution >= 0.6 is 11.6 Å². The Morgan fingerprint density at radius 3 is 2.64 bits per heavy atom. The fraction of sp³-hybridized carbons (Fsp3) is 0.0526. The van der Waals surface area contributed by atoms with Crippen molar-refractivity contribution in [3.63, 3.8) is 0 Å². The zero-order valence-corrected chi connectivity index (χ0v) is 13.9. The fourth-order valence-electron chi connectivity index (χ4n) is 2.31. The van der Waals surface area contributed by atoms with Gasteiger partial charge >= 0.3 is 6.03 Å². The number of nitrogens with zero attached hydrogens (tertiary/aromatic N) is 1. The highest BCUT2D eigenvalue weighted by Crippen LogP contribution is 2.26. The van der Waals surface area contributed by atoms with Crippen LogP contribution in [0.5, 0.6) is 0 Å². The summed E-state index contributed by atoms with van der Waals surface area (Å²) in [6.45, 7) is 0.216. The molecule has 0 radical (unpaired) electrons. The van der Waals surface area contributed by atoms with Crippen LogP contribution in [-0.4, -0.2) is 11.0 Å². The molecule has 25 heavy (non-hydrogen) atoms. The molecule has 0 atom stereocenters. The van der Waals surface area contributed by atoms with E-state index in [1.165, 1.54) is 12.1 Å². The number of carbonyl (C=O) groups is 1. The number of amides is 2. The highest BCUT2D eigenvalue weighted by Gasteiger charge is 2.07. The Morgan fingerprint density at radius 2 is 1.84 bits per heavy atom. The molecular formula is C19H15ClFN3O. The van der Waals surface area contributed by atoms with Gasteiger partial charge in [-0.25, -0.2) is 14.2 Å². The van der Waals surface area contributed by atoms with Gasteiger partial charge in [0.15, 0.2) is 0 Å². The van der Waals surface area contributed by atoms with Gasteiger partial charge in [-0.05, 0) is 35.9 Å². The lowest BCUT2D eigenvalue weighted by Gasteiger charge is -2.09. The minimum atomic E-state index is -0.423. The van der Waals surface area contributed by atoms with E-state index >= 15 is 0 Å². The number of carbonyl (C=O) groups excluding carboxylic acids is 1. The first-order valence-corrected chi connectivity index (χ1v) is 8.01. The number of hydrogen-bond acceptors (Lipinski definition) is 2. The molecule has 2 amide bonds. The van der Waals surface area contributed by atoms with E-state index in [-0.39, 0.29) is 12.4 Å². The van der Waals surface area contributed by atoms with Gasteiger partial charge in [0, 0.05) is 17.1 Å². The second kappa shape index (κ2) is 7.77. The van der Waals surface area contributed by atoms with Crippen LogP contribution in [0.15, 0.2) is 66.7 Å². The second-order valence-electron chi connectivity index (χ2n) is 5.33. The summed E-state index contributed by atoms with van der Waals surface area (Å²) >= 11 is 6.18. The van der Waals surface area contributed by atoms with E-state index in [9.17, 15) is 9.18 Å². The molecule has 0 fully saturated rings. The number of urea groups is 1. The lowest BCUT2D eigenvalue weighted by atomic mass is 10.1. The normalized spacial score (nSPS) is 10.3. The van der Waals surface area contributed by atoms with Crippen molar-refractivity contribution in [1.82, 2.24) is 10.3 Å². The summed E-state index contributed by atoms with van der Waals surface area (Å²) in [5.74, 6) is 0.0583. The first-order valence-electron chi connectivity index (χ1n) is 7.63. The van der Waals surface area contributed by atoms with E-state index in [1.807, 2.05) is 24.3 Å². The highest BCUT2D eigenvalue weighted by atomic mass is 35.5. The van der Waals surface area contributed by atoms with Crippen molar-refractivity contribution < 1.29 is 9.18 Å². The minimum absolute atomic E-state index is 0.216. The van der Waals surface area contributed by atoms with Gasteiger partial charge < -0.3 is 5.32 Å². The van der Waals surface area contributed by atoms with Gasteiger partial charge in [0.25, 0.3) is 0 Å². The topological polar surface area (TPSA) is 54.0 Å². The standard InChI is InChI=1S/C19H15ClFN3O/c20-16-8-2-1-7-15(16)17-9-4-10-18(23-17)24-19(25)22-12-13-5-3-6-14(21)11-13/h1-11H,12H2,(H2,22,23,24,25). The third-order valence-corrected chi connectivity index (χ3v) is 3.81. The van der Waals surface area contributed by atoms with Crippen molar-refractivity contribution in [3.8, 4) is 11.3 Å². The summed E-state index contributed by atoms with van der Waals surface area (Å²) in [4.78, 5) is 16.4. The maximum Gasteiger partial charge on any atom is 0.320 e. The van der Waals surface area contributed by atoms with Crippen LogP contribution in [0.3, 0.4) is 0 Å². The Balaban J connectivity index is 1.66. The molecule has 0 aliphatic carbocycles. The molecule has 1 aromatic heterocycles. The lowest BCUT2D eigenvalue weighted by Crippen LogP contribution is -2.28. The van der Waals surface area contributed by atoms with Crippen molar-refractivity contribution in [2.75, 3.05) is 5.32 Å². The molecule has 0 saturated heterocycles. The van der Waals surface area contributed by atoms with Crippen molar-refractivity contribution in [3.05, 3.63) is 83.1 Å². The molecule has 4 nitrogen and oxygen atoms in total. The van der Waals surface area contributed by atoms with Crippen LogP contribution in [0.4, 0.5) is 15.0 Å². The SMILES string of the molecule is O=C(NCc1cccc(F)c1)Nc1cccc(-c2ccccc2Cl)n1. The molecule has 2 aromatic carbocycles. The smallest absolute Gasteiger partial charge is 0.320 e. The fourth-order valence-corrected chi connectivity index (χ4v) is 2.55. The Hall–Kier alpha value is -2.92. The van der Waals surface area contributed by atoms with Gasteiger partial charge in [0.1, 0.15) is 11.6 Å². The van der Waals surface area contributed by atoms with E-state index in [1.54, 1.807) is 30.3 Å². The predicted octanol–water partition coefficient (Wildman–Crippen LogP) is 4.86. The molecule has 6 heteroatoms. The Morgan fingerprint density at radius 1 is 1.04 bits per heavy atom. The maximum absolute atomic E-state index is 13.1. The molecule has 0 unspecified atom stereocenters. The highest BCUT2D eigenvalue weighted by molar-refractivity contribution is 6.33. The number of nitrogens with one attached hydrogen (secondary N) is 2. The van der Waals surface area contributed by atoms with Gasteiger partial charge in [-0.3, -0.25) is 5.32 Å². The van der Waals surface area contributed by atoms with Crippen LogP contribution in [0, 0.1) is 5.82 Å². The van der Waals surface area contributed by atoms with Crippen LogP contribution in [0.25, 0.3) is 11.3 Å². The van der Waals surface area contributed by atoms with Crippen LogP contribution in [-0.2, 0) is 6.54 Å². The molecule has 0 bridgehead atoms. The molecule has 0 aliphatic heterocycles. The first-order chi connectivity index (χ1) is 12.1. The maximum atomic E-state index is 13.1. The van der Waals surface area contributed by atoms with Crippen molar-refractivity contribution >= 4 is 23.4 Å². The largest absolute Gasteiger partial charge is 0.334 e. The van der Waals surface area contributed by atoms with Gasteiger partial charge in [-0.1, -0.05) is 48.0 Å². The average Bonchev–Trinajstić information content (AvgIpc) is 2.61. The Labute approximate surface area is 149 Å². The van der Waals surface area contributed by atoms with Gasteiger partial charge in [0.05, 0.1) is 5.69 Å². The molecule has 1 heterocycles. The number of benzene rings is 2. The van der Waals surface area contributed by atoms with E-state index in [2.05, 4.69) is 15.6 Å². The molecule has 3 aromatic rings. The summed E-state index contributed by atoms with van der Waals surface area (Å²) in [7, 11) is 0. The average molecular weight is 356 g/mol. The van der Waals surface area contributed by atoms with E-state index in [0.29, 0.717) is 22.1 Å². The van der Waals surface area contributed by atoms with Crippen LogP contribution < -0.4 is 10.6 Å².